The van der Waals surface area contributed by atoms with Crippen LogP contribution in [0.4, 0.5) is 11.8 Å². The van der Waals surface area contributed by atoms with E-state index in [1.807, 2.05) is 0 Å². The summed E-state index contributed by atoms with van der Waals surface area (Å²) >= 11 is 3.48. The average molecular weight is 316 g/mol. The minimum absolute atomic E-state index is 0.157. The molecule has 3 N–H and O–H groups in total. The second-order valence-electron chi connectivity index (χ2n) is 5.08. The highest BCUT2D eigenvalue weighted by atomic mass is 79.9. The number of rotatable bonds is 2. The second-order valence-corrected chi connectivity index (χ2v) is 5.93. The van der Waals surface area contributed by atoms with Gasteiger partial charge < -0.3 is 9.64 Å². The van der Waals surface area contributed by atoms with Gasteiger partial charge in [-0.2, -0.15) is 4.98 Å². The van der Waals surface area contributed by atoms with E-state index in [-0.39, 0.29) is 11.7 Å². The predicted molar refractivity (Wildman–Crippen MR) is 74.4 cm³/mol. The number of nitrogens with one attached hydrogen (secondary N) is 1. The SMILES string of the molecule is CC1CN(c2nc(NN)ncc2Br)CC(C)(C)O1. The van der Waals surface area contributed by atoms with Gasteiger partial charge in [-0.3, -0.25) is 5.43 Å². The zero-order valence-corrected chi connectivity index (χ0v) is 12.4. The van der Waals surface area contributed by atoms with Gasteiger partial charge in [0.1, 0.15) is 5.82 Å². The molecular formula is C11H18BrN5O. The highest BCUT2D eigenvalue weighted by molar-refractivity contribution is 9.10. The number of ether oxygens (including phenoxy) is 1. The van der Waals surface area contributed by atoms with Crippen molar-refractivity contribution < 1.29 is 4.74 Å². The fourth-order valence-electron chi connectivity index (χ4n) is 2.26. The summed E-state index contributed by atoms with van der Waals surface area (Å²) in [5.74, 6) is 6.59. The molecule has 0 saturated carbocycles. The lowest BCUT2D eigenvalue weighted by Crippen LogP contribution is -2.52. The zero-order chi connectivity index (χ0) is 13.3. The van der Waals surface area contributed by atoms with Crippen LogP contribution in [0, 0.1) is 0 Å². The standard InChI is InChI=1S/C11H18BrN5O/c1-7-5-17(6-11(2,3)18-7)9-8(12)4-14-10(15-9)16-13/h4,7H,5-6,13H2,1-3H3,(H,14,15,16). The van der Waals surface area contributed by atoms with Gasteiger partial charge in [0.25, 0.3) is 0 Å². The number of halogens is 1. The first-order valence-electron chi connectivity index (χ1n) is 5.83. The number of aromatic nitrogens is 2. The van der Waals surface area contributed by atoms with Crippen LogP contribution in [0.15, 0.2) is 10.7 Å². The van der Waals surface area contributed by atoms with E-state index in [0.29, 0.717) is 5.95 Å². The maximum atomic E-state index is 5.88. The van der Waals surface area contributed by atoms with Crippen LogP contribution in [0.3, 0.4) is 0 Å². The number of hydrogen-bond donors (Lipinski definition) is 2. The molecule has 18 heavy (non-hydrogen) atoms. The molecule has 1 unspecified atom stereocenters. The predicted octanol–water partition coefficient (Wildman–Crippen LogP) is 1.53. The smallest absolute Gasteiger partial charge is 0.239 e. The Kier molecular flexibility index (Phi) is 3.74. The highest BCUT2D eigenvalue weighted by Crippen LogP contribution is 2.30. The van der Waals surface area contributed by atoms with Gasteiger partial charge in [-0.1, -0.05) is 0 Å². The summed E-state index contributed by atoms with van der Waals surface area (Å²) in [7, 11) is 0. The van der Waals surface area contributed by atoms with Crippen LogP contribution < -0.4 is 16.2 Å². The van der Waals surface area contributed by atoms with Gasteiger partial charge in [0, 0.05) is 19.3 Å². The summed E-state index contributed by atoms with van der Waals surface area (Å²) in [6.45, 7) is 7.78. The lowest BCUT2D eigenvalue weighted by Gasteiger charge is -2.42. The van der Waals surface area contributed by atoms with Crippen molar-refractivity contribution in [2.75, 3.05) is 23.4 Å². The van der Waals surface area contributed by atoms with Crippen LogP contribution >= 0.6 is 15.9 Å². The Hall–Kier alpha value is -0.920. The molecule has 1 aromatic rings. The average Bonchev–Trinajstić information content (AvgIpc) is 2.27. The molecule has 1 atom stereocenters. The lowest BCUT2D eigenvalue weighted by atomic mass is 10.1. The topological polar surface area (TPSA) is 76.3 Å². The Labute approximate surface area is 115 Å². The molecule has 100 valence electrons. The summed E-state index contributed by atoms with van der Waals surface area (Å²) in [5.41, 5.74) is 2.27. The largest absolute Gasteiger partial charge is 0.369 e. The molecule has 0 spiro atoms. The van der Waals surface area contributed by atoms with Gasteiger partial charge in [-0.15, -0.1) is 0 Å². The minimum Gasteiger partial charge on any atom is -0.369 e. The summed E-state index contributed by atoms with van der Waals surface area (Å²) in [4.78, 5) is 10.6. The van der Waals surface area contributed by atoms with Crippen LogP contribution in [0.5, 0.6) is 0 Å². The molecule has 1 saturated heterocycles. The highest BCUT2D eigenvalue weighted by Gasteiger charge is 2.32. The van der Waals surface area contributed by atoms with Crippen molar-refractivity contribution in [1.82, 2.24) is 9.97 Å². The molecule has 0 amide bonds. The van der Waals surface area contributed by atoms with E-state index >= 15 is 0 Å². The number of nitrogens with zero attached hydrogens (tertiary/aromatic N) is 3. The van der Waals surface area contributed by atoms with Gasteiger partial charge in [-0.05, 0) is 36.7 Å². The van der Waals surface area contributed by atoms with E-state index in [1.165, 1.54) is 0 Å². The number of anilines is 2. The molecule has 1 fully saturated rings. The van der Waals surface area contributed by atoms with Gasteiger partial charge in [0.2, 0.25) is 5.95 Å². The monoisotopic (exact) mass is 315 g/mol. The number of hydrogen-bond acceptors (Lipinski definition) is 6. The third-order valence-corrected chi connectivity index (χ3v) is 3.28. The Morgan fingerprint density at radius 3 is 2.94 bits per heavy atom. The summed E-state index contributed by atoms with van der Waals surface area (Å²) in [5, 5.41) is 0. The summed E-state index contributed by atoms with van der Waals surface area (Å²) in [6, 6.07) is 0. The van der Waals surface area contributed by atoms with E-state index < -0.39 is 0 Å². The van der Waals surface area contributed by atoms with Gasteiger partial charge >= 0.3 is 0 Å². The van der Waals surface area contributed by atoms with Crippen LogP contribution in [0.25, 0.3) is 0 Å². The summed E-state index contributed by atoms with van der Waals surface area (Å²) in [6.07, 6.45) is 1.86. The fourth-order valence-corrected chi connectivity index (χ4v) is 2.71. The Morgan fingerprint density at radius 1 is 1.61 bits per heavy atom. The number of hydrazine groups is 1. The number of nitrogens with two attached hydrogens (primary N) is 1. The number of nitrogen functional groups attached to an aromatic ring is 1. The van der Waals surface area contributed by atoms with Crippen LogP contribution in [-0.4, -0.2) is 34.8 Å². The Balaban J connectivity index is 2.30. The van der Waals surface area contributed by atoms with E-state index in [9.17, 15) is 0 Å². The molecule has 1 aliphatic rings. The molecule has 0 bridgehead atoms. The maximum absolute atomic E-state index is 5.88. The molecule has 6 nitrogen and oxygen atoms in total. The normalized spacial score (nSPS) is 22.9. The molecule has 0 aliphatic carbocycles. The van der Waals surface area contributed by atoms with E-state index in [0.717, 1.165) is 23.4 Å². The van der Waals surface area contributed by atoms with E-state index in [2.05, 4.69) is 57.0 Å². The van der Waals surface area contributed by atoms with Crippen molar-refractivity contribution in [3.05, 3.63) is 10.7 Å². The molecule has 1 aliphatic heterocycles. The Bertz CT molecular complexity index is 439. The van der Waals surface area contributed by atoms with Crippen molar-refractivity contribution >= 4 is 27.7 Å². The van der Waals surface area contributed by atoms with E-state index in [1.54, 1.807) is 6.20 Å². The fraction of sp³-hybridized carbons (Fsp3) is 0.636. The summed E-state index contributed by atoms with van der Waals surface area (Å²) < 4.78 is 6.73. The van der Waals surface area contributed by atoms with Crippen LogP contribution in [-0.2, 0) is 4.74 Å². The second kappa shape index (κ2) is 4.99. The molecule has 2 heterocycles. The maximum Gasteiger partial charge on any atom is 0.239 e. The molecule has 2 rings (SSSR count). The molecule has 1 aromatic heterocycles. The molecule has 0 aromatic carbocycles. The first-order valence-corrected chi connectivity index (χ1v) is 6.62. The first-order chi connectivity index (χ1) is 8.41. The first kappa shape index (κ1) is 13.5. The van der Waals surface area contributed by atoms with Gasteiger partial charge in [0.15, 0.2) is 0 Å². The van der Waals surface area contributed by atoms with Crippen molar-refractivity contribution in [3.8, 4) is 0 Å². The quantitative estimate of drug-likeness (QED) is 0.636. The third kappa shape index (κ3) is 2.90. The van der Waals surface area contributed by atoms with Crippen molar-refractivity contribution in [2.45, 2.75) is 32.5 Å². The van der Waals surface area contributed by atoms with Gasteiger partial charge in [0.05, 0.1) is 16.2 Å². The molecule has 7 heteroatoms. The van der Waals surface area contributed by atoms with Gasteiger partial charge in [-0.25, -0.2) is 10.8 Å². The third-order valence-electron chi connectivity index (χ3n) is 2.72. The number of morpholine rings is 1. The van der Waals surface area contributed by atoms with E-state index in [4.69, 9.17) is 10.6 Å². The van der Waals surface area contributed by atoms with Crippen molar-refractivity contribution in [2.24, 2.45) is 5.84 Å². The lowest BCUT2D eigenvalue weighted by molar-refractivity contribution is -0.0752. The van der Waals surface area contributed by atoms with Crippen molar-refractivity contribution in [1.29, 1.82) is 0 Å². The molecule has 0 radical (unpaired) electrons. The Morgan fingerprint density at radius 2 is 2.33 bits per heavy atom. The minimum atomic E-state index is -0.196. The van der Waals surface area contributed by atoms with Crippen molar-refractivity contribution in [3.63, 3.8) is 0 Å². The molecular weight excluding hydrogens is 298 g/mol. The van der Waals surface area contributed by atoms with Crippen LogP contribution in [0.2, 0.25) is 0 Å². The van der Waals surface area contributed by atoms with Crippen LogP contribution in [0.1, 0.15) is 20.8 Å². The zero-order valence-electron chi connectivity index (χ0n) is 10.8.